The van der Waals surface area contributed by atoms with Crippen LogP contribution in [0.4, 0.5) is 0 Å². The van der Waals surface area contributed by atoms with E-state index in [2.05, 4.69) is 9.98 Å². The fourth-order valence-electron chi connectivity index (χ4n) is 3.19. The number of nitrogens with zero attached hydrogens (tertiary/aromatic N) is 2. The number of hydrogen-bond donors (Lipinski definition) is 0. The Morgan fingerprint density at radius 3 is 1.17 bits per heavy atom. The Labute approximate surface area is 218 Å². The van der Waals surface area contributed by atoms with Gasteiger partial charge < -0.3 is 10.2 Å². The largest absolute Gasteiger partial charge is 2.00 e. The van der Waals surface area contributed by atoms with Crippen LogP contribution in [0.2, 0.25) is 0 Å². The molecule has 4 aromatic carbocycles. The third-order valence-corrected chi connectivity index (χ3v) is 5.28. The third kappa shape index (κ3) is 8.89. The number of benzene rings is 4. The molecule has 0 unspecified atom stereocenters. The summed E-state index contributed by atoms with van der Waals surface area (Å²) in [5.41, 5.74) is 3.56. The molecule has 1 radical (unpaired) electrons. The van der Waals surface area contributed by atoms with Crippen molar-refractivity contribution in [3.05, 3.63) is 131 Å². The zero-order valence-electron chi connectivity index (χ0n) is 19.7. The summed E-state index contributed by atoms with van der Waals surface area (Å²) in [6.07, 6.45) is 3.31. The Morgan fingerprint density at radius 2 is 0.829 bits per heavy atom. The van der Waals surface area contributed by atoms with Crippen LogP contribution in [-0.2, 0) is 17.1 Å². The maximum atomic E-state index is 11.5. The molecule has 0 aliphatic heterocycles. The van der Waals surface area contributed by atoms with Crippen molar-refractivity contribution >= 4 is 12.4 Å². The van der Waals surface area contributed by atoms with Gasteiger partial charge in [0.25, 0.3) is 0 Å². The van der Waals surface area contributed by atoms with Gasteiger partial charge in [0.15, 0.2) is 0 Å². The van der Waals surface area contributed by atoms with Crippen molar-refractivity contribution in [1.82, 2.24) is 0 Å². The molecule has 0 fully saturated rings. The van der Waals surface area contributed by atoms with Crippen molar-refractivity contribution in [3.63, 3.8) is 0 Å². The average Bonchev–Trinajstić information content (AvgIpc) is 2.89. The van der Waals surface area contributed by atoms with E-state index in [9.17, 15) is 10.2 Å². The molecule has 2 atom stereocenters. The van der Waals surface area contributed by atoms with Crippen LogP contribution in [0.3, 0.4) is 0 Å². The van der Waals surface area contributed by atoms with Crippen molar-refractivity contribution in [2.24, 2.45) is 9.98 Å². The van der Waals surface area contributed by atoms with Crippen LogP contribution in [0.25, 0.3) is 0 Å². The Balaban J connectivity index is 0.000000240. The zero-order valence-corrected chi connectivity index (χ0v) is 20.7. The molecule has 0 aliphatic carbocycles. The number of aliphatic imine (C=N–C) groups is 2. The van der Waals surface area contributed by atoms with Crippen LogP contribution in [-0.4, -0.2) is 12.4 Å². The van der Waals surface area contributed by atoms with Gasteiger partial charge in [0.2, 0.25) is 0 Å². The second kappa shape index (κ2) is 14.6. The molecule has 4 nitrogen and oxygen atoms in total. The Morgan fingerprint density at radius 1 is 0.514 bits per heavy atom. The van der Waals surface area contributed by atoms with E-state index in [1.807, 2.05) is 86.6 Å². The summed E-state index contributed by atoms with van der Waals surface area (Å²) in [6.45, 7) is 4.03. The molecule has 0 aliphatic rings. The van der Waals surface area contributed by atoms with E-state index in [4.69, 9.17) is 0 Å². The third-order valence-electron chi connectivity index (χ3n) is 5.28. The fourth-order valence-corrected chi connectivity index (χ4v) is 3.19. The monoisotopic (exact) mass is 511 g/mol. The van der Waals surface area contributed by atoms with Crippen LogP contribution in [0.15, 0.2) is 119 Å². The van der Waals surface area contributed by atoms with Gasteiger partial charge in [0.05, 0.1) is 12.1 Å². The van der Waals surface area contributed by atoms with E-state index >= 15 is 0 Å². The molecule has 0 amide bonds. The van der Waals surface area contributed by atoms with E-state index in [-0.39, 0.29) is 40.7 Å². The van der Waals surface area contributed by atoms with Gasteiger partial charge in [-0.15, -0.1) is 11.5 Å². The molecular weight excluding hydrogens is 484 g/mol. The normalized spacial score (nSPS) is 12.4. The predicted molar refractivity (Wildman–Crippen MR) is 137 cm³/mol. The topological polar surface area (TPSA) is 70.8 Å². The van der Waals surface area contributed by atoms with Crippen molar-refractivity contribution in [2.45, 2.75) is 25.9 Å². The summed E-state index contributed by atoms with van der Waals surface area (Å²) in [5, 5.41) is 23.0. The first-order valence-corrected chi connectivity index (χ1v) is 11.2. The van der Waals surface area contributed by atoms with Gasteiger partial charge in [-0.3, -0.25) is 9.98 Å². The van der Waals surface area contributed by atoms with Gasteiger partial charge in [0, 0.05) is 12.4 Å². The molecule has 0 N–H and O–H groups in total. The molecule has 181 valence electrons. The molecule has 0 aromatic heterocycles. The van der Waals surface area contributed by atoms with Gasteiger partial charge in [-0.25, -0.2) is 0 Å². The van der Waals surface area contributed by atoms with Crippen LogP contribution in [0, 0.1) is 0 Å². The summed E-state index contributed by atoms with van der Waals surface area (Å²) in [5.74, 6) is 0.0213. The number of para-hydroxylation sites is 2. The van der Waals surface area contributed by atoms with Gasteiger partial charge in [0.1, 0.15) is 0 Å². The molecule has 5 heteroatoms. The molecular formula is C30H28CuN2O2. The maximum absolute atomic E-state index is 11.5. The van der Waals surface area contributed by atoms with Crippen LogP contribution < -0.4 is 10.2 Å². The minimum atomic E-state index is 0. The predicted octanol–water partition coefficient (Wildman–Crippen LogP) is 5.88. The minimum Gasteiger partial charge on any atom is -0.872 e. The van der Waals surface area contributed by atoms with Crippen molar-refractivity contribution in [2.75, 3.05) is 0 Å². The van der Waals surface area contributed by atoms with Gasteiger partial charge in [-0.1, -0.05) is 109 Å². The molecule has 0 bridgehead atoms. The summed E-state index contributed by atoms with van der Waals surface area (Å²) in [4.78, 5) is 8.80. The summed E-state index contributed by atoms with van der Waals surface area (Å²) < 4.78 is 0. The second-order valence-corrected chi connectivity index (χ2v) is 7.81. The molecule has 35 heavy (non-hydrogen) atoms. The molecule has 4 rings (SSSR count). The average molecular weight is 512 g/mol. The van der Waals surface area contributed by atoms with E-state index in [1.54, 1.807) is 48.8 Å². The molecule has 4 aromatic rings. The Hall–Kier alpha value is -3.66. The van der Waals surface area contributed by atoms with Gasteiger partial charge >= 0.3 is 17.1 Å². The first-order valence-electron chi connectivity index (χ1n) is 11.2. The van der Waals surface area contributed by atoms with E-state index in [1.165, 1.54) is 0 Å². The maximum Gasteiger partial charge on any atom is 2.00 e. The molecule has 0 heterocycles. The summed E-state index contributed by atoms with van der Waals surface area (Å²) in [7, 11) is 0. The van der Waals surface area contributed by atoms with Gasteiger partial charge in [-0.2, -0.15) is 0 Å². The smallest absolute Gasteiger partial charge is 0.872 e. The van der Waals surface area contributed by atoms with E-state index in [0.717, 1.165) is 11.1 Å². The second-order valence-electron chi connectivity index (χ2n) is 7.81. The standard InChI is InChI=1S/2C15H15NO.Cu/c2*1-12(13-7-3-2-4-8-13)16-11-14-9-5-6-10-15(14)17;/h2*2-12,17H,1H3;/q;;+2/p-2/t2*12-;/m00./s1. The van der Waals surface area contributed by atoms with E-state index in [0.29, 0.717) is 11.1 Å². The minimum absolute atomic E-state index is 0. The number of hydrogen-bond acceptors (Lipinski definition) is 4. The summed E-state index contributed by atoms with van der Waals surface area (Å²) >= 11 is 0. The fraction of sp³-hybridized carbons (Fsp3) is 0.133. The SMILES string of the molecule is C[C@H](N=Cc1ccccc1[O-])c1ccccc1.C[C@H](N=Cc1ccccc1[O-])c1ccccc1.[Cu+2]. The first kappa shape index (κ1) is 27.6. The first-order chi connectivity index (χ1) is 16.5. The Bertz CT molecular complexity index is 1110. The van der Waals surface area contributed by atoms with Crippen LogP contribution in [0.5, 0.6) is 11.5 Å². The van der Waals surface area contributed by atoms with Crippen molar-refractivity contribution in [3.8, 4) is 11.5 Å². The van der Waals surface area contributed by atoms with Crippen molar-refractivity contribution in [1.29, 1.82) is 0 Å². The molecule has 0 spiro atoms. The van der Waals surface area contributed by atoms with E-state index < -0.39 is 0 Å². The zero-order chi connectivity index (χ0) is 24.2. The quantitative estimate of drug-likeness (QED) is 0.239. The van der Waals surface area contributed by atoms with Crippen molar-refractivity contribution < 1.29 is 27.3 Å². The van der Waals surface area contributed by atoms with Crippen LogP contribution >= 0.6 is 0 Å². The molecule has 0 saturated carbocycles. The Kier molecular flexibility index (Phi) is 11.5. The summed E-state index contributed by atoms with van der Waals surface area (Å²) in [6, 6.07) is 34.0. The van der Waals surface area contributed by atoms with Gasteiger partial charge in [-0.05, 0) is 36.1 Å². The number of rotatable bonds is 6. The van der Waals surface area contributed by atoms with Crippen LogP contribution in [0.1, 0.15) is 48.2 Å². The molecule has 0 saturated heterocycles.